The molecule has 1 aliphatic carbocycles. The summed E-state index contributed by atoms with van der Waals surface area (Å²) in [6.45, 7) is 0. The third kappa shape index (κ3) is 2.73. The van der Waals surface area contributed by atoms with E-state index in [9.17, 15) is 0 Å². The molecule has 1 fully saturated rings. The lowest BCUT2D eigenvalue weighted by Gasteiger charge is -2.17. The first-order valence-corrected chi connectivity index (χ1v) is 6.48. The first-order valence-electron chi connectivity index (χ1n) is 5.69. The number of benzene rings is 1. The van der Waals surface area contributed by atoms with Crippen LogP contribution in [0.2, 0.25) is 0 Å². The molecule has 2 rings (SSSR count). The van der Waals surface area contributed by atoms with Crippen LogP contribution in [0.4, 0.5) is 0 Å². The van der Waals surface area contributed by atoms with E-state index in [4.69, 9.17) is 14.7 Å². The minimum absolute atomic E-state index is 0.254. The van der Waals surface area contributed by atoms with Gasteiger partial charge in [0.2, 0.25) is 0 Å². The topological polar surface area (TPSA) is 42.2 Å². The lowest BCUT2D eigenvalue weighted by Crippen LogP contribution is -2.11. The van der Waals surface area contributed by atoms with Crippen molar-refractivity contribution in [2.24, 2.45) is 0 Å². The molecular formula is C13H14BrNO2. The molecule has 1 aromatic rings. The Labute approximate surface area is 109 Å². The molecule has 0 unspecified atom stereocenters. The average molecular weight is 296 g/mol. The van der Waals surface area contributed by atoms with Crippen LogP contribution in [0.1, 0.15) is 31.2 Å². The minimum atomic E-state index is 0.254. The van der Waals surface area contributed by atoms with E-state index in [1.165, 1.54) is 12.8 Å². The highest BCUT2D eigenvalue weighted by atomic mass is 79.9. The molecule has 0 amide bonds. The minimum Gasteiger partial charge on any atom is -0.492 e. The largest absolute Gasteiger partial charge is 0.492 e. The van der Waals surface area contributed by atoms with E-state index in [1.807, 2.05) is 0 Å². The van der Waals surface area contributed by atoms with E-state index < -0.39 is 0 Å². The van der Waals surface area contributed by atoms with E-state index in [2.05, 4.69) is 22.0 Å². The van der Waals surface area contributed by atoms with Gasteiger partial charge in [0.05, 0.1) is 29.3 Å². The maximum Gasteiger partial charge on any atom is 0.175 e. The van der Waals surface area contributed by atoms with Crippen LogP contribution >= 0.6 is 15.9 Å². The molecule has 3 nitrogen and oxygen atoms in total. The fraction of sp³-hybridized carbons (Fsp3) is 0.462. The Morgan fingerprint density at radius 1 is 1.35 bits per heavy atom. The number of hydrogen-bond donors (Lipinski definition) is 0. The van der Waals surface area contributed by atoms with Crippen LogP contribution in [0.3, 0.4) is 0 Å². The Hall–Kier alpha value is -1.21. The molecule has 4 heteroatoms. The van der Waals surface area contributed by atoms with Gasteiger partial charge in [-0.2, -0.15) is 5.26 Å². The summed E-state index contributed by atoms with van der Waals surface area (Å²) >= 11 is 3.39. The van der Waals surface area contributed by atoms with Gasteiger partial charge in [-0.25, -0.2) is 0 Å². The summed E-state index contributed by atoms with van der Waals surface area (Å²) in [6, 6.07) is 5.59. The summed E-state index contributed by atoms with van der Waals surface area (Å²) in [5, 5.41) is 8.94. The number of ether oxygens (including phenoxy) is 2. The maximum absolute atomic E-state index is 8.94. The molecule has 0 N–H and O–H groups in total. The highest BCUT2D eigenvalue weighted by Gasteiger charge is 2.20. The molecular weight excluding hydrogens is 282 g/mol. The second kappa shape index (κ2) is 5.42. The maximum atomic E-state index is 8.94. The van der Waals surface area contributed by atoms with Gasteiger partial charge >= 0.3 is 0 Å². The van der Waals surface area contributed by atoms with Crippen molar-refractivity contribution in [3.8, 4) is 17.6 Å². The molecule has 0 bridgehead atoms. The number of halogens is 1. The van der Waals surface area contributed by atoms with Crippen LogP contribution in [0.5, 0.6) is 11.5 Å². The fourth-order valence-corrected chi connectivity index (χ4v) is 2.71. The van der Waals surface area contributed by atoms with Gasteiger partial charge in [0.25, 0.3) is 0 Å². The van der Waals surface area contributed by atoms with Crippen LogP contribution in [0.25, 0.3) is 0 Å². The summed E-state index contributed by atoms with van der Waals surface area (Å²) in [4.78, 5) is 0. The molecule has 1 aromatic carbocycles. The Bertz CT molecular complexity index is 447. The van der Waals surface area contributed by atoms with Crippen molar-refractivity contribution in [1.29, 1.82) is 5.26 Å². The van der Waals surface area contributed by atoms with Gasteiger partial charge in [0.1, 0.15) is 0 Å². The zero-order valence-electron chi connectivity index (χ0n) is 9.70. The Morgan fingerprint density at radius 2 is 2.06 bits per heavy atom. The van der Waals surface area contributed by atoms with Crippen LogP contribution in [0, 0.1) is 11.3 Å². The summed E-state index contributed by atoms with van der Waals surface area (Å²) in [5.41, 5.74) is 0.575. The lowest BCUT2D eigenvalue weighted by molar-refractivity contribution is 0.200. The van der Waals surface area contributed by atoms with Crippen molar-refractivity contribution >= 4 is 15.9 Å². The molecule has 1 aliphatic rings. The average Bonchev–Trinajstić information content (AvgIpc) is 2.81. The highest BCUT2D eigenvalue weighted by molar-refractivity contribution is 9.10. The van der Waals surface area contributed by atoms with E-state index in [0.717, 1.165) is 17.3 Å². The van der Waals surface area contributed by atoms with Gasteiger partial charge < -0.3 is 9.47 Å². The van der Waals surface area contributed by atoms with E-state index in [0.29, 0.717) is 17.1 Å². The van der Waals surface area contributed by atoms with Crippen molar-refractivity contribution in [2.75, 3.05) is 7.11 Å². The number of methoxy groups -OCH3 is 1. The van der Waals surface area contributed by atoms with Gasteiger partial charge in [-0.15, -0.1) is 0 Å². The Morgan fingerprint density at radius 3 is 2.65 bits per heavy atom. The molecule has 0 spiro atoms. The number of hydrogen-bond acceptors (Lipinski definition) is 3. The predicted octanol–water partition coefficient (Wildman–Crippen LogP) is 3.65. The summed E-state index contributed by atoms with van der Waals surface area (Å²) in [7, 11) is 1.60. The van der Waals surface area contributed by atoms with Crippen LogP contribution in [0.15, 0.2) is 16.6 Å². The number of rotatable bonds is 3. The second-order valence-corrected chi connectivity index (χ2v) is 4.98. The van der Waals surface area contributed by atoms with E-state index in [-0.39, 0.29) is 6.10 Å². The number of nitrogens with zero attached hydrogens (tertiary/aromatic N) is 1. The SMILES string of the molecule is COc1c(Br)cc(C#N)cc1OC1CCCC1. The second-order valence-electron chi connectivity index (χ2n) is 4.13. The van der Waals surface area contributed by atoms with Gasteiger partial charge in [-0.3, -0.25) is 0 Å². The predicted molar refractivity (Wildman–Crippen MR) is 68.3 cm³/mol. The van der Waals surface area contributed by atoms with Crippen LogP contribution in [-0.2, 0) is 0 Å². The van der Waals surface area contributed by atoms with Gasteiger partial charge in [0, 0.05) is 6.07 Å². The molecule has 0 radical (unpaired) electrons. The molecule has 0 aromatic heterocycles. The summed E-state index contributed by atoms with van der Waals surface area (Å²) < 4.78 is 12.0. The Balaban J connectivity index is 2.29. The summed E-state index contributed by atoms with van der Waals surface area (Å²) in [5.74, 6) is 1.32. The quantitative estimate of drug-likeness (QED) is 0.855. The first kappa shape index (κ1) is 12.3. The van der Waals surface area contributed by atoms with Gasteiger partial charge in [-0.1, -0.05) is 0 Å². The normalized spacial score (nSPS) is 15.6. The monoisotopic (exact) mass is 295 g/mol. The van der Waals surface area contributed by atoms with E-state index in [1.54, 1.807) is 19.2 Å². The van der Waals surface area contributed by atoms with Crippen molar-refractivity contribution in [2.45, 2.75) is 31.8 Å². The fourth-order valence-electron chi connectivity index (χ4n) is 2.10. The van der Waals surface area contributed by atoms with Crippen molar-refractivity contribution < 1.29 is 9.47 Å². The molecule has 0 aliphatic heterocycles. The molecule has 17 heavy (non-hydrogen) atoms. The van der Waals surface area contributed by atoms with Crippen molar-refractivity contribution in [3.05, 3.63) is 22.2 Å². The van der Waals surface area contributed by atoms with Gasteiger partial charge in [0.15, 0.2) is 11.5 Å². The molecule has 0 heterocycles. The standard InChI is InChI=1S/C13H14BrNO2/c1-16-13-11(14)6-9(8-15)7-12(13)17-10-4-2-3-5-10/h6-7,10H,2-5H2,1H3. The summed E-state index contributed by atoms with van der Waals surface area (Å²) in [6.07, 6.45) is 4.84. The van der Waals surface area contributed by atoms with Crippen molar-refractivity contribution in [3.63, 3.8) is 0 Å². The highest BCUT2D eigenvalue weighted by Crippen LogP contribution is 2.38. The lowest BCUT2D eigenvalue weighted by atomic mass is 10.2. The third-order valence-corrected chi connectivity index (χ3v) is 3.53. The molecule has 0 saturated heterocycles. The van der Waals surface area contributed by atoms with Crippen LogP contribution < -0.4 is 9.47 Å². The van der Waals surface area contributed by atoms with Crippen molar-refractivity contribution in [1.82, 2.24) is 0 Å². The first-order chi connectivity index (χ1) is 8.24. The molecule has 90 valence electrons. The smallest absolute Gasteiger partial charge is 0.175 e. The Kier molecular flexibility index (Phi) is 3.90. The van der Waals surface area contributed by atoms with Gasteiger partial charge in [-0.05, 0) is 47.7 Å². The van der Waals surface area contributed by atoms with Crippen LogP contribution in [-0.4, -0.2) is 13.2 Å². The number of nitriles is 1. The van der Waals surface area contributed by atoms with E-state index >= 15 is 0 Å². The third-order valence-electron chi connectivity index (χ3n) is 2.94. The molecule has 0 atom stereocenters. The molecule has 1 saturated carbocycles. The zero-order chi connectivity index (χ0) is 12.3. The zero-order valence-corrected chi connectivity index (χ0v) is 11.3.